The number of benzene rings is 1. The summed E-state index contributed by atoms with van der Waals surface area (Å²) in [5, 5.41) is 14.4. The first-order valence-corrected chi connectivity index (χ1v) is 8.11. The van der Waals surface area contributed by atoms with Crippen molar-refractivity contribution in [3.63, 3.8) is 0 Å². The van der Waals surface area contributed by atoms with Gasteiger partial charge in [-0.15, -0.1) is 10.2 Å². The van der Waals surface area contributed by atoms with Crippen LogP contribution in [0.5, 0.6) is 0 Å². The van der Waals surface area contributed by atoms with Gasteiger partial charge in [-0.1, -0.05) is 18.9 Å². The molecule has 5 nitrogen and oxygen atoms in total. The maximum Gasteiger partial charge on any atom is 0.272 e. The molecule has 2 N–H and O–H groups in total. The van der Waals surface area contributed by atoms with Crippen molar-refractivity contribution < 1.29 is 4.79 Å². The summed E-state index contributed by atoms with van der Waals surface area (Å²) in [5.41, 5.74) is 3.80. The molecular weight excluding hydrogens is 288 g/mol. The molecule has 0 unspecified atom stereocenters. The van der Waals surface area contributed by atoms with Crippen molar-refractivity contribution in [2.24, 2.45) is 0 Å². The molecule has 0 saturated heterocycles. The van der Waals surface area contributed by atoms with Gasteiger partial charge in [0.2, 0.25) is 0 Å². The maximum absolute atomic E-state index is 12.1. The van der Waals surface area contributed by atoms with Crippen molar-refractivity contribution in [3.8, 4) is 0 Å². The molecule has 1 aromatic heterocycles. The molecule has 1 aliphatic rings. The first kappa shape index (κ1) is 15.5. The molecule has 3 rings (SSSR count). The molecule has 0 bridgehead atoms. The maximum atomic E-state index is 12.1. The Kier molecular flexibility index (Phi) is 4.55. The second-order valence-corrected chi connectivity index (χ2v) is 6.18. The normalized spacial score (nSPS) is 14.7. The van der Waals surface area contributed by atoms with E-state index in [1.165, 1.54) is 24.0 Å². The van der Waals surface area contributed by atoms with Gasteiger partial charge in [0.05, 0.1) is 0 Å². The van der Waals surface area contributed by atoms with E-state index in [4.69, 9.17) is 0 Å². The zero-order valence-electron chi connectivity index (χ0n) is 13.6. The third-order valence-corrected chi connectivity index (χ3v) is 4.37. The summed E-state index contributed by atoms with van der Waals surface area (Å²) in [7, 11) is 0. The Morgan fingerprint density at radius 2 is 1.83 bits per heavy atom. The highest BCUT2D eigenvalue weighted by molar-refractivity contribution is 5.92. The molecule has 0 atom stereocenters. The fourth-order valence-corrected chi connectivity index (χ4v) is 2.82. The number of aryl methyl sites for hydroxylation is 2. The zero-order valence-corrected chi connectivity index (χ0v) is 13.6. The summed E-state index contributed by atoms with van der Waals surface area (Å²) in [4.78, 5) is 12.1. The third kappa shape index (κ3) is 3.86. The number of rotatable bonds is 4. The standard InChI is InChI=1S/C18H22N4O/c1-12-7-8-15(11-13(12)2)19-17-10-9-16(21-22-17)18(23)20-14-5-3-4-6-14/h7-11,14H,3-6H2,1-2H3,(H,19,22)(H,20,23). The van der Waals surface area contributed by atoms with Crippen LogP contribution >= 0.6 is 0 Å². The number of hydrogen-bond donors (Lipinski definition) is 2. The highest BCUT2D eigenvalue weighted by Gasteiger charge is 2.18. The van der Waals surface area contributed by atoms with Crippen LogP contribution in [0.15, 0.2) is 30.3 Å². The fraction of sp³-hybridized carbons (Fsp3) is 0.389. The first-order valence-electron chi connectivity index (χ1n) is 8.11. The van der Waals surface area contributed by atoms with Gasteiger partial charge in [-0.25, -0.2) is 0 Å². The molecule has 1 heterocycles. The number of hydrogen-bond acceptors (Lipinski definition) is 4. The van der Waals surface area contributed by atoms with E-state index in [1.54, 1.807) is 12.1 Å². The average molecular weight is 310 g/mol. The van der Waals surface area contributed by atoms with Gasteiger partial charge in [0.15, 0.2) is 11.5 Å². The Labute approximate surface area is 136 Å². The van der Waals surface area contributed by atoms with E-state index < -0.39 is 0 Å². The van der Waals surface area contributed by atoms with Gasteiger partial charge in [-0.05, 0) is 62.1 Å². The molecule has 1 fully saturated rings. The number of amides is 1. The van der Waals surface area contributed by atoms with Crippen molar-refractivity contribution in [1.29, 1.82) is 0 Å². The predicted molar refractivity (Wildman–Crippen MR) is 91.0 cm³/mol. The lowest BCUT2D eigenvalue weighted by Gasteiger charge is -2.11. The third-order valence-electron chi connectivity index (χ3n) is 4.37. The molecule has 1 aromatic carbocycles. The topological polar surface area (TPSA) is 66.9 Å². The van der Waals surface area contributed by atoms with Crippen molar-refractivity contribution in [2.75, 3.05) is 5.32 Å². The molecule has 1 saturated carbocycles. The predicted octanol–water partition coefficient (Wildman–Crippen LogP) is 3.51. The van der Waals surface area contributed by atoms with Crippen LogP contribution in [-0.4, -0.2) is 22.1 Å². The number of aromatic nitrogens is 2. The van der Waals surface area contributed by atoms with Crippen molar-refractivity contribution in [2.45, 2.75) is 45.6 Å². The minimum atomic E-state index is -0.137. The van der Waals surface area contributed by atoms with E-state index in [-0.39, 0.29) is 11.9 Å². The largest absolute Gasteiger partial charge is 0.348 e. The molecule has 0 aliphatic heterocycles. The van der Waals surface area contributed by atoms with Gasteiger partial charge in [-0.3, -0.25) is 4.79 Å². The monoisotopic (exact) mass is 310 g/mol. The van der Waals surface area contributed by atoms with Gasteiger partial charge in [-0.2, -0.15) is 0 Å². The lowest BCUT2D eigenvalue weighted by Crippen LogP contribution is -2.33. The van der Waals surface area contributed by atoms with E-state index in [2.05, 4.69) is 46.8 Å². The number of carbonyl (C=O) groups excluding carboxylic acids is 1. The molecule has 120 valence electrons. The Morgan fingerprint density at radius 1 is 1.04 bits per heavy atom. The van der Waals surface area contributed by atoms with Crippen LogP contribution < -0.4 is 10.6 Å². The van der Waals surface area contributed by atoms with Gasteiger partial charge < -0.3 is 10.6 Å². The highest BCUT2D eigenvalue weighted by Crippen LogP contribution is 2.19. The smallest absolute Gasteiger partial charge is 0.272 e. The fourth-order valence-electron chi connectivity index (χ4n) is 2.82. The number of carbonyl (C=O) groups is 1. The molecule has 5 heteroatoms. The minimum absolute atomic E-state index is 0.137. The number of nitrogens with zero attached hydrogens (tertiary/aromatic N) is 2. The van der Waals surface area contributed by atoms with Crippen LogP contribution in [0.3, 0.4) is 0 Å². The second-order valence-electron chi connectivity index (χ2n) is 6.18. The zero-order chi connectivity index (χ0) is 16.2. The molecule has 23 heavy (non-hydrogen) atoms. The van der Waals surface area contributed by atoms with E-state index >= 15 is 0 Å². The molecule has 1 amide bonds. The molecule has 0 spiro atoms. The molecular formula is C18H22N4O. The van der Waals surface area contributed by atoms with Crippen LogP contribution in [0.4, 0.5) is 11.5 Å². The highest BCUT2D eigenvalue weighted by atomic mass is 16.2. The SMILES string of the molecule is Cc1ccc(Nc2ccc(C(=O)NC3CCCC3)nn2)cc1C. The van der Waals surface area contributed by atoms with Gasteiger partial charge in [0, 0.05) is 11.7 Å². The summed E-state index contributed by atoms with van der Waals surface area (Å²) in [6.07, 6.45) is 4.50. The Bertz CT molecular complexity index is 691. The molecule has 2 aromatic rings. The van der Waals surface area contributed by atoms with E-state index in [1.807, 2.05) is 6.07 Å². The van der Waals surface area contributed by atoms with E-state index in [0.29, 0.717) is 11.5 Å². The number of nitrogens with one attached hydrogen (secondary N) is 2. The second kappa shape index (κ2) is 6.77. The summed E-state index contributed by atoms with van der Waals surface area (Å²) in [5.74, 6) is 0.493. The van der Waals surface area contributed by atoms with Crippen LogP contribution in [0.25, 0.3) is 0 Å². The van der Waals surface area contributed by atoms with Crippen LogP contribution in [0, 0.1) is 13.8 Å². The van der Waals surface area contributed by atoms with Crippen LogP contribution in [-0.2, 0) is 0 Å². The Morgan fingerprint density at radius 3 is 2.48 bits per heavy atom. The summed E-state index contributed by atoms with van der Waals surface area (Å²) in [6, 6.07) is 9.92. The summed E-state index contributed by atoms with van der Waals surface area (Å²) in [6.45, 7) is 4.15. The average Bonchev–Trinajstić information content (AvgIpc) is 3.04. The first-order chi connectivity index (χ1) is 11.1. The minimum Gasteiger partial charge on any atom is -0.348 e. The number of anilines is 2. The van der Waals surface area contributed by atoms with Crippen LogP contribution in [0.2, 0.25) is 0 Å². The summed E-state index contributed by atoms with van der Waals surface area (Å²) >= 11 is 0. The van der Waals surface area contributed by atoms with Crippen LogP contribution in [0.1, 0.15) is 47.3 Å². The molecule has 1 aliphatic carbocycles. The van der Waals surface area contributed by atoms with Gasteiger partial charge >= 0.3 is 0 Å². The lowest BCUT2D eigenvalue weighted by molar-refractivity contribution is 0.0932. The van der Waals surface area contributed by atoms with Crippen molar-refractivity contribution in [1.82, 2.24) is 15.5 Å². The molecule has 0 radical (unpaired) electrons. The van der Waals surface area contributed by atoms with Gasteiger partial charge in [0.1, 0.15) is 0 Å². The van der Waals surface area contributed by atoms with Crippen molar-refractivity contribution >= 4 is 17.4 Å². The lowest BCUT2D eigenvalue weighted by atomic mass is 10.1. The van der Waals surface area contributed by atoms with E-state index in [9.17, 15) is 4.79 Å². The van der Waals surface area contributed by atoms with E-state index in [0.717, 1.165) is 18.5 Å². The Balaban J connectivity index is 1.64. The Hall–Kier alpha value is -2.43. The van der Waals surface area contributed by atoms with Gasteiger partial charge in [0.25, 0.3) is 5.91 Å². The summed E-state index contributed by atoms with van der Waals surface area (Å²) < 4.78 is 0. The van der Waals surface area contributed by atoms with Crippen molar-refractivity contribution in [3.05, 3.63) is 47.2 Å². The quantitative estimate of drug-likeness (QED) is 0.907.